The van der Waals surface area contributed by atoms with Crippen molar-refractivity contribution in [2.24, 2.45) is 5.92 Å². The van der Waals surface area contributed by atoms with E-state index in [9.17, 15) is 4.79 Å². The first kappa shape index (κ1) is 13.9. The Morgan fingerprint density at radius 2 is 1.64 bits per heavy atom. The van der Waals surface area contributed by atoms with Gasteiger partial charge in [0.05, 0.1) is 11.3 Å². The van der Waals surface area contributed by atoms with Crippen LogP contribution >= 0.6 is 11.8 Å². The number of carbonyl (C=O) groups is 1. The summed E-state index contributed by atoms with van der Waals surface area (Å²) >= 11 is 1.86. The number of hydrogen-bond acceptors (Lipinski definition) is 2. The molecular weight excluding hydrogens is 290 g/mol. The Morgan fingerprint density at radius 3 is 2.32 bits per heavy atom. The summed E-state index contributed by atoms with van der Waals surface area (Å²) < 4.78 is 0. The molecule has 4 rings (SSSR count). The molecule has 2 aromatic rings. The first-order chi connectivity index (χ1) is 10.9. The minimum Gasteiger partial charge on any atom is -0.336 e. The van der Waals surface area contributed by atoms with Crippen molar-refractivity contribution >= 4 is 18.2 Å². The molecule has 0 aromatic heterocycles. The SMILES string of the molecule is O=CN1CC(Sc2ccccc2)c2ccccc2C1C1CC1. The van der Waals surface area contributed by atoms with Crippen LogP contribution in [0.25, 0.3) is 0 Å². The number of benzene rings is 2. The molecule has 3 heteroatoms. The van der Waals surface area contributed by atoms with E-state index in [1.165, 1.54) is 28.9 Å². The lowest BCUT2D eigenvalue weighted by molar-refractivity contribution is -0.121. The van der Waals surface area contributed by atoms with Crippen molar-refractivity contribution in [3.63, 3.8) is 0 Å². The third kappa shape index (κ3) is 2.54. The number of carbonyl (C=O) groups excluding carboxylic acids is 1. The summed E-state index contributed by atoms with van der Waals surface area (Å²) in [4.78, 5) is 14.9. The summed E-state index contributed by atoms with van der Waals surface area (Å²) in [6, 6.07) is 19.5. The second-order valence-corrected chi connectivity index (χ2v) is 7.41. The van der Waals surface area contributed by atoms with Crippen molar-refractivity contribution in [3.05, 3.63) is 65.7 Å². The van der Waals surface area contributed by atoms with Gasteiger partial charge in [0, 0.05) is 11.4 Å². The molecule has 0 bridgehead atoms. The Hall–Kier alpha value is -1.74. The molecule has 1 aliphatic carbocycles. The third-order valence-corrected chi connectivity index (χ3v) is 5.85. The zero-order chi connectivity index (χ0) is 14.9. The topological polar surface area (TPSA) is 20.3 Å². The number of thioether (sulfide) groups is 1. The highest BCUT2D eigenvalue weighted by atomic mass is 32.2. The van der Waals surface area contributed by atoms with Gasteiger partial charge in [-0.1, -0.05) is 42.5 Å². The quantitative estimate of drug-likeness (QED) is 0.778. The highest BCUT2D eigenvalue weighted by molar-refractivity contribution is 7.99. The minimum atomic E-state index is 0.293. The molecule has 2 aliphatic rings. The fourth-order valence-corrected chi connectivity index (χ4v) is 4.70. The van der Waals surface area contributed by atoms with E-state index in [0.29, 0.717) is 17.2 Å². The second-order valence-electron chi connectivity index (χ2n) is 6.13. The van der Waals surface area contributed by atoms with E-state index >= 15 is 0 Å². The molecule has 0 saturated heterocycles. The highest BCUT2D eigenvalue weighted by Gasteiger charge is 2.41. The fraction of sp³-hybridized carbons (Fsp3) is 0.316. The van der Waals surface area contributed by atoms with Crippen LogP contribution < -0.4 is 0 Å². The molecule has 0 N–H and O–H groups in total. The van der Waals surface area contributed by atoms with Crippen LogP contribution in [-0.2, 0) is 4.79 Å². The molecule has 1 saturated carbocycles. The zero-order valence-corrected chi connectivity index (χ0v) is 13.2. The molecule has 2 aromatic carbocycles. The predicted octanol–water partition coefficient (Wildman–Crippen LogP) is 4.44. The van der Waals surface area contributed by atoms with Crippen molar-refractivity contribution in [1.82, 2.24) is 4.90 Å². The van der Waals surface area contributed by atoms with Crippen LogP contribution in [-0.4, -0.2) is 17.9 Å². The van der Waals surface area contributed by atoms with Crippen LogP contribution in [0.5, 0.6) is 0 Å². The second kappa shape index (κ2) is 5.81. The number of nitrogens with zero attached hydrogens (tertiary/aromatic N) is 1. The average molecular weight is 309 g/mol. The lowest BCUT2D eigenvalue weighted by atomic mass is 9.90. The summed E-state index contributed by atoms with van der Waals surface area (Å²) in [7, 11) is 0. The van der Waals surface area contributed by atoms with Crippen molar-refractivity contribution < 1.29 is 4.79 Å². The van der Waals surface area contributed by atoms with Gasteiger partial charge in [-0.15, -0.1) is 11.8 Å². The average Bonchev–Trinajstić information content (AvgIpc) is 3.40. The molecule has 1 aliphatic heterocycles. The van der Waals surface area contributed by atoms with E-state index in [1.54, 1.807) is 0 Å². The van der Waals surface area contributed by atoms with Gasteiger partial charge in [-0.25, -0.2) is 0 Å². The monoisotopic (exact) mass is 309 g/mol. The molecule has 2 atom stereocenters. The fourth-order valence-electron chi connectivity index (χ4n) is 3.46. The summed E-state index contributed by atoms with van der Waals surface area (Å²) in [5, 5.41) is 0.318. The van der Waals surface area contributed by atoms with Crippen molar-refractivity contribution in [1.29, 1.82) is 0 Å². The van der Waals surface area contributed by atoms with Crippen molar-refractivity contribution in [3.8, 4) is 0 Å². The lowest BCUT2D eigenvalue weighted by Gasteiger charge is -2.39. The highest BCUT2D eigenvalue weighted by Crippen LogP contribution is 2.51. The predicted molar refractivity (Wildman–Crippen MR) is 89.7 cm³/mol. The van der Waals surface area contributed by atoms with Gasteiger partial charge in [0.2, 0.25) is 6.41 Å². The normalized spacial score (nSPS) is 23.9. The molecule has 1 heterocycles. The first-order valence-corrected chi connectivity index (χ1v) is 8.76. The molecule has 22 heavy (non-hydrogen) atoms. The first-order valence-electron chi connectivity index (χ1n) is 7.88. The van der Waals surface area contributed by atoms with E-state index < -0.39 is 0 Å². The minimum absolute atomic E-state index is 0.293. The largest absolute Gasteiger partial charge is 0.336 e. The van der Waals surface area contributed by atoms with Gasteiger partial charge in [-0.2, -0.15) is 0 Å². The van der Waals surface area contributed by atoms with E-state index in [1.807, 2.05) is 22.7 Å². The van der Waals surface area contributed by atoms with Gasteiger partial charge in [-0.05, 0) is 42.0 Å². The lowest BCUT2D eigenvalue weighted by Crippen LogP contribution is -2.37. The van der Waals surface area contributed by atoms with E-state index in [0.717, 1.165) is 13.0 Å². The molecule has 2 nitrogen and oxygen atoms in total. The van der Waals surface area contributed by atoms with Crippen molar-refractivity contribution in [2.75, 3.05) is 6.54 Å². The summed E-state index contributed by atoms with van der Waals surface area (Å²) in [6.45, 7) is 0.807. The van der Waals surface area contributed by atoms with E-state index in [-0.39, 0.29) is 0 Å². The summed E-state index contributed by atoms with van der Waals surface area (Å²) in [5.41, 5.74) is 2.77. The molecule has 112 valence electrons. The maximum atomic E-state index is 11.6. The molecular formula is C19H19NOS. The maximum Gasteiger partial charge on any atom is 0.210 e. The Labute approximate surface area is 135 Å². The number of fused-ring (bicyclic) bond motifs is 1. The smallest absolute Gasteiger partial charge is 0.210 e. The van der Waals surface area contributed by atoms with Crippen LogP contribution in [0.3, 0.4) is 0 Å². The van der Waals surface area contributed by atoms with E-state index in [4.69, 9.17) is 0 Å². The van der Waals surface area contributed by atoms with E-state index in [2.05, 4.69) is 48.5 Å². The van der Waals surface area contributed by atoms with Gasteiger partial charge < -0.3 is 4.90 Å². The summed E-state index contributed by atoms with van der Waals surface area (Å²) in [5.74, 6) is 0.661. The maximum absolute atomic E-state index is 11.6. The van der Waals surface area contributed by atoms with Crippen LogP contribution in [0.2, 0.25) is 0 Å². The summed E-state index contributed by atoms with van der Waals surface area (Å²) in [6.07, 6.45) is 3.55. The van der Waals surface area contributed by atoms with Gasteiger partial charge >= 0.3 is 0 Å². The third-order valence-electron chi connectivity index (χ3n) is 4.62. The molecule has 1 fully saturated rings. The zero-order valence-electron chi connectivity index (χ0n) is 12.4. The number of hydrogen-bond donors (Lipinski definition) is 0. The molecule has 2 unspecified atom stereocenters. The van der Waals surface area contributed by atoms with Gasteiger partial charge in [0.25, 0.3) is 0 Å². The van der Waals surface area contributed by atoms with Gasteiger partial charge in [0.15, 0.2) is 0 Å². The van der Waals surface area contributed by atoms with Crippen molar-refractivity contribution in [2.45, 2.75) is 29.0 Å². The number of amides is 1. The van der Waals surface area contributed by atoms with Crippen LogP contribution in [0.4, 0.5) is 0 Å². The Balaban J connectivity index is 1.70. The molecule has 0 spiro atoms. The molecule has 1 amide bonds. The number of rotatable bonds is 4. The Morgan fingerprint density at radius 1 is 0.955 bits per heavy atom. The van der Waals surface area contributed by atoms with Crippen LogP contribution in [0, 0.1) is 5.92 Å². The van der Waals surface area contributed by atoms with Gasteiger partial charge in [-0.3, -0.25) is 4.79 Å². The standard InChI is InChI=1S/C19H19NOS/c21-13-20-12-18(22-15-6-2-1-3-7-15)16-8-4-5-9-17(16)19(20)14-10-11-14/h1-9,13-14,18-19H,10-12H2. The van der Waals surface area contributed by atoms with Crippen LogP contribution in [0.1, 0.15) is 35.3 Å². The molecule has 0 radical (unpaired) electrons. The van der Waals surface area contributed by atoms with Crippen LogP contribution in [0.15, 0.2) is 59.5 Å². The van der Waals surface area contributed by atoms with Gasteiger partial charge in [0.1, 0.15) is 0 Å². The Bertz CT molecular complexity index is 668. The Kier molecular flexibility index (Phi) is 3.67.